The predicted octanol–water partition coefficient (Wildman–Crippen LogP) is 5.57. The van der Waals surface area contributed by atoms with Crippen LogP contribution in [0.1, 0.15) is 62.8 Å². The van der Waals surface area contributed by atoms with Crippen molar-refractivity contribution in [3.63, 3.8) is 0 Å². The van der Waals surface area contributed by atoms with Crippen LogP contribution in [-0.4, -0.2) is 41.7 Å². The first-order valence-corrected chi connectivity index (χ1v) is 11.8. The number of amides is 1. The molecule has 1 aromatic heterocycles. The molecule has 3 aromatic rings. The summed E-state index contributed by atoms with van der Waals surface area (Å²) in [5.41, 5.74) is 3.03. The lowest BCUT2D eigenvalue weighted by Gasteiger charge is -2.22. The molecule has 35 heavy (non-hydrogen) atoms. The molecule has 1 amide bonds. The summed E-state index contributed by atoms with van der Waals surface area (Å²) in [6.07, 6.45) is 0.921. The molecular weight excluding hydrogens is 444 g/mol. The number of methoxy groups -OCH3 is 2. The van der Waals surface area contributed by atoms with Gasteiger partial charge < -0.3 is 19.5 Å². The zero-order valence-corrected chi connectivity index (χ0v) is 21.9. The number of nitrogens with zero attached hydrogens (tertiary/aromatic N) is 3. The van der Waals surface area contributed by atoms with E-state index in [1.165, 1.54) is 0 Å². The molecule has 188 valence electrons. The molecule has 8 heteroatoms. The minimum atomic E-state index is -0.365. The first-order valence-electron chi connectivity index (χ1n) is 11.8. The maximum atomic E-state index is 13.3. The van der Waals surface area contributed by atoms with E-state index in [-0.39, 0.29) is 17.0 Å². The lowest BCUT2D eigenvalue weighted by atomic mass is 9.87. The molecule has 0 bridgehead atoms. The van der Waals surface area contributed by atoms with Gasteiger partial charge in [-0.3, -0.25) is 4.79 Å². The molecule has 0 aliphatic heterocycles. The molecule has 1 heterocycles. The Balaban J connectivity index is 1.93. The summed E-state index contributed by atoms with van der Waals surface area (Å²) in [7, 11) is 3.17. The van der Waals surface area contributed by atoms with Gasteiger partial charge in [-0.25, -0.2) is 4.68 Å². The highest BCUT2D eigenvalue weighted by atomic mass is 16.5. The van der Waals surface area contributed by atoms with E-state index in [1.807, 2.05) is 18.2 Å². The number of aromatic nitrogens is 3. The van der Waals surface area contributed by atoms with Gasteiger partial charge in [0.15, 0.2) is 5.69 Å². The minimum Gasteiger partial charge on any atom is -0.497 e. The molecule has 0 saturated heterocycles. The second kappa shape index (κ2) is 10.8. The maximum Gasteiger partial charge on any atom is 0.278 e. The quantitative estimate of drug-likeness (QED) is 0.431. The van der Waals surface area contributed by atoms with Gasteiger partial charge in [-0.2, -0.15) is 0 Å². The molecule has 0 aliphatic rings. The third-order valence-corrected chi connectivity index (χ3v) is 5.77. The van der Waals surface area contributed by atoms with Gasteiger partial charge in [0, 0.05) is 6.07 Å². The van der Waals surface area contributed by atoms with Gasteiger partial charge in [0.25, 0.3) is 5.91 Å². The van der Waals surface area contributed by atoms with Crippen molar-refractivity contribution < 1.29 is 19.0 Å². The molecule has 0 saturated carbocycles. The lowest BCUT2D eigenvalue weighted by Crippen LogP contribution is -2.17. The number of rotatable bonds is 9. The van der Waals surface area contributed by atoms with Crippen molar-refractivity contribution in [3.05, 3.63) is 53.3 Å². The summed E-state index contributed by atoms with van der Waals surface area (Å²) in [5.74, 6) is 2.02. The van der Waals surface area contributed by atoms with Crippen LogP contribution in [0.3, 0.4) is 0 Å². The fraction of sp³-hybridized carbons (Fsp3) is 0.444. The molecule has 0 aliphatic carbocycles. The van der Waals surface area contributed by atoms with E-state index in [9.17, 15) is 4.79 Å². The predicted molar refractivity (Wildman–Crippen MR) is 137 cm³/mol. The molecule has 2 aromatic carbocycles. The fourth-order valence-electron chi connectivity index (χ4n) is 3.54. The molecule has 3 rings (SSSR count). The average molecular weight is 481 g/mol. The van der Waals surface area contributed by atoms with Crippen LogP contribution in [0, 0.1) is 12.8 Å². The van der Waals surface area contributed by atoms with Crippen LogP contribution >= 0.6 is 0 Å². The van der Waals surface area contributed by atoms with Crippen LogP contribution in [0.5, 0.6) is 17.2 Å². The molecule has 0 spiro atoms. The van der Waals surface area contributed by atoms with Gasteiger partial charge >= 0.3 is 0 Å². The van der Waals surface area contributed by atoms with E-state index < -0.39 is 0 Å². The summed E-state index contributed by atoms with van der Waals surface area (Å²) < 4.78 is 18.4. The van der Waals surface area contributed by atoms with Crippen molar-refractivity contribution in [3.8, 4) is 22.9 Å². The van der Waals surface area contributed by atoms with Crippen LogP contribution in [0.25, 0.3) is 5.69 Å². The number of hydrogen-bond donors (Lipinski definition) is 1. The molecule has 8 nitrogen and oxygen atoms in total. The molecule has 0 unspecified atom stereocenters. The third-order valence-electron chi connectivity index (χ3n) is 5.77. The topological polar surface area (TPSA) is 87.5 Å². The standard InChI is InChI=1S/C27H36N4O4/c1-17(2)13-14-35-23-11-9-19(27(4,5)6)15-21(23)28-26(32)25-18(3)31(30-29-25)22-16-20(33-7)10-12-24(22)34-8/h9-12,15-17H,13-14H2,1-8H3,(H,28,32). The molecule has 1 N–H and O–H groups in total. The van der Waals surface area contributed by atoms with E-state index in [0.29, 0.717) is 46.8 Å². The Kier molecular flexibility index (Phi) is 8.04. The normalized spacial score (nSPS) is 11.5. The van der Waals surface area contributed by atoms with Gasteiger partial charge in [0.05, 0.1) is 32.2 Å². The van der Waals surface area contributed by atoms with Crippen LogP contribution in [0.2, 0.25) is 0 Å². The Bertz CT molecular complexity index is 1180. The molecular formula is C27H36N4O4. The number of nitrogens with one attached hydrogen (secondary N) is 1. The van der Waals surface area contributed by atoms with Gasteiger partial charge in [-0.05, 0) is 54.5 Å². The van der Waals surface area contributed by atoms with Crippen molar-refractivity contribution in [1.29, 1.82) is 0 Å². The van der Waals surface area contributed by atoms with E-state index in [4.69, 9.17) is 14.2 Å². The first kappa shape index (κ1) is 26.1. The van der Waals surface area contributed by atoms with Crippen LogP contribution in [-0.2, 0) is 5.41 Å². The Morgan fingerprint density at radius 1 is 1.06 bits per heavy atom. The molecule has 0 atom stereocenters. The van der Waals surface area contributed by atoms with Crippen molar-refractivity contribution in [2.24, 2.45) is 5.92 Å². The Hall–Kier alpha value is -3.55. The SMILES string of the molecule is COc1ccc(OC)c(-n2nnc(C(=O)Nc3cc(C(C)(C)C)ccc3OCCC(C)C)c2C)c1. The number of carbonyl (C=O) groups is 1. The number of anilines is 1. The highest BCUT2D eigenvalue weighted by Gasteiger charge is 2.22. The first-order chi connectivity index (χ1) is 16.5. The van der Waals surface area contributed by atoms with E-state index >= 15 is 0 Å². The van der Waals surface area contributed by atoms with Crippen LogP contribution < -0.4 is 19.5 Å². The number of benzene rings is 2. The van der Waals surface area contributed by atoms with E-state index in [2.05, 4.69) is 50.2 Å². The Morgan fingerprint density at radius 2 is 1.77 bits per heavy atom. The fourth-order valence-corrected chi connectivity index (χ4v) is 3.54. The Morgan fingerprint density at radius 3 is 2.40 bits per heavy atom. The summed E-state index contributed by atoms with van der Waals surface area (Å²) in [5, 5.41) is 11.4. The summed E-state index contributed by atoms with van der Waals surface area (Å²) in [4.78, 5) is 13.3. The molecule has 0 fully saturated rings. The summed E-state index contributed by atoms with van der Waals surface area (Å²) in [6, 6.07) is 11.3. The van der Waals surface area contributed by atoms with Crippen molar-refractivity contribution in [1.82, 2.24) is 15.0 Å². The molecule has 0 radical (unpaired) electrons. The summed E-state index contributed by atoms with van der Waals surface area (Å²) in [6.45, 7) is 13.1. The second-order valence-corrected chi connectivity index (χ2v) is 9.92. The highest BCUT2D eigenvalue weighted by Crippen LogP contribution is 2.33. The maximum absolute atomic E-state index is 13.3. The average Bonchev–Trinajstić information content (AvgIpc) is 3.19. The van der Waals surface area contributed by atoms with Crippen molar-refractivity contribution >= 4 is 11.6 Å². The van der Waals surface area contributed by atoms with Crippen LogP contribution in [0.15, 0.2) is 36.4 Å². The third kappa shape index (κ3) is 6.12. The van der Waals surface area contributed by atoms with Crippen LogP contribution in [0.4, 0.5) is 5.69 Å². The minimum absolute atomic E-state index is 0.0854. The smallest absolute Gasteiger partial charge is 0.278 e. The second-order valence-electron chi connectivity index (χ2n) is 9.92. The number of ether oxygens (including phenoxy) is 3. The summed E-state index contributed by atoms with van der Waals surface area (Å²) >= 11 is 0. The zero-order valence-electron chi connectivity index (χ0n) is 21.9. The van der Waals surface area contributed by atoms with Gasteiger partial charge in [-0.1, -0.05) is 45.9 Å². The van der Waals surface area contributed by atoms with Gasteiger partial charge in [0.2, 0.25) is 0 Å². The Labute approximate surface area is 207 Å². The highest BCUT2D eigenvalue weighted by molar-refractivity contribution is 6.04. The van der Waals surface area contributed by atoms with Gasteiger partial charge in [0.1, 0.15) is 22.9 Å². The van der Waals surface area contributed by atoms with Gasteiger partial charge in [-0.15, -0.1) is 5.10 Å². The van der Waals surface area contributed by atoms with E-state index in [1.54, 1.807) is 44.0 Å². The largest absolute Gasteiger partial charge is 0.497 e. The number of carbonyl (C=O) groups excluding carboxylic acids is 1. The number of hydrogen-bond acceptors (Lipinski definition) is 6. The van der Waals surface area contributed by atoms with E-state index in [0.717, 1.165) is 12.0 Å². The monoisotopic (exact) mass is 480 g/mol. The lowest BCUT2D eigenvalue weighted by molar-refractivity contribution is 0.102. The van der Waals surface area contributed by atoms with Crippen molar-refractivity contribution in [2.45, 2.75) is 53.4 Å². The zero-order chi connectivity index (χ0) is 25.8. The van der Waals surface area contributed by atoms with Crippen molar-refractivity contribution in [2.75, 3.05) is 26.1 Å².